The van der Waals surface area contributed by atoms with Crippen molar-refractivity contribution in [3.05, 3.63) is 42.4 Å². The molecule has 0 saturated carbocycles. The van der Waals surface area contributed by atoms with E-state index < -0.39 is 6.10 Å². The lowest BCUT2D eigenvalue weighted by Gasteiger charge is -2.04. The maximum Gasteiger partial charge on any atom is 0.132 e. The molecule has 0 spiro atoms. The first kappa shape index (κ1) is 8.07. The van der Waals surface area contributed by atoms with Gasteiger partial charge in [-0.2, -0.15) is 0 Å². The third kappa shape index (κ3) is 1.78. The van der Waals surface area contributed by atoms with Gasteiger partial charge in [0.25, 0.3) is 0 Å². The molecule has 0 amide bonds. The van der Waals surface area contributed by atoms with Gasteiger partial charge in [0, 0.05) is 18.8 Å². The summed E-state index contributed by atoms with van der Waals surface area (Å²) in [5.74, 6) is 1.32. The summed E-state index contributed by atoms with van der Waals surface area (Å²) in [6.07, 6.45) is 4.75. The third-order valence-corrected chi connectivity index (χ3v) is 1.81. The fraction of sp³-hybridized carbons (Fsp3) is 0.222. The number of nitrogens with one attached hydrogen (secondary N) is 1. The van der Waals surface area contributed by atoms with Gasteiger partial charge in [0.2, 0.25) is 0 Å². The van der Waals surface area contributed by atoms with Gasteiger partial charge in [0.15, 0.2) is 0 Å². The van der Waals surface area contributed by atoms with E-state index in [-0.39, 0.29) is 0 Å². The minimum Gasteiger partial charge on any atom is -0.467 e. The highest BCUT2D eigenvalue weighted by atomic mass is 16.4. The third-order valence-electron chi connectivity index (χ3n) is 1.81. The summed E-state index contributed by atoms with van der Waals surface area (Å²) in [7, 11) is 0. The van der Waals surface area contributed by atoms with Crippen molar-refractivity contribution in [2.24, 2.45) is 0 Å². The fourth-order valence-electron chi connectivity index (χ4n) is 1.17. The molecule has 0 fully saturated rings. The number of H-pyrrole nitrogens is 1. The number of aromatic amines is 1. The SMILES string of the molecule is OC(Cc1ncc[nH]1)c1ccco1. The average molecular weight is 178 g/mol. The Hall–Kier alpha value is -1.55. The molecule has 0 aliphatic heterocycles. The molecule has 2 aromatic heterocycles. The standard InChI is InChI=1S/C9H10N2O2/c12-7(8-2-1-5-13-8)6-9-10-3-4-11-9/h1-5,7,12H,6H2,(H,10,11). The van der Waals surface area contributed by atoms with Gasteiger partial charge >= 0.3 is 0 Å². The van der Waals surface area contributed by atoms with Gasteiger partial charge in [-0.3, -0.25) is 0 Å². The first-order valence-corrected chi connectivity index (χ1v) is 4.06. The van der Waals surface area contributed by atoms with Crippen LogP contribution in [0.3, 0.4) is 0 Å². The minimum atomic E-state index is -0.624. The first-order valence-electron chi connectivity index (χ1n) is 4.06. The van der Waals surface area contributed by atoms with E-state index in [4.69, 9.17) is 4.42 Å². The average Bonchev–Trinajstić information content (AvgIpc) is 2.74. The number of furan rings is 1. The molecular formula is C9H10N2O2. The monoisotopic (exact) mass is 178 g/mol. The lowest BCUT2D eigenvalue weighted by molar-refractivity contribution is 0.148. The van der Waals surface area contributed by atoms with Crippen molar-refractivity contribution in [1.29, 1.82) is 0 Å². The molecule has 2 N–H and O–H groups in total. The van der Waals surface area contributed by atoms with Crippen LogP contribution in [-0.4, -0.2) is 15.1 Å². The predicted molar refractivity (Wildman–Crippen MR) is 46.0 cm³/mol. The lowest BCUT2D eigenvalue weighted by Crippen LogP contribution is -2.01. The zero-order chi connectivity index (χ0) is 9.10. The molecule has 0 bridgehead atoms. The van der Waals surface area contributed by atoms with E-state index in [2.05, 4.69) is 9.97 Å². The fourth-order valence-corrected chi connectivity index (χ4v) is 1.17. The van der Waals surface area contributed by atoms with Crippen LogP contribution in [0.15, 0.2) is 35.2 Å². The second-order valence-corrected chi connectivity index (χ2v) is 2.77. The van der Waals surface area contributed by atoms with E-state index in [0.29, 0.717) is 12.2 Å². The van der Waals surface area contributed by atoms with Crippen molar-refractivity contribution in [3.8, 4) is 0 Å². The first-order chi connectivity index (χ1) is 6.36. The second-order valence-electron chi connectivity index (χ2n) is 2.77. The molecule has 68 valence electrons. The van der Waals surface area contributed by atoms with Crippen molar-refractivity contribution in [2.45, 2.75) is 12.5 Å². The van der Waals surface area contributed by atoms with Crippen molar-refractivity contribution in [1.82, 2.24) is 9.97 Å². The van der Waals surface area contributed by atoms with Crippen LogP contribution >= 0.6 is 0 Å². The van der Waals surface area contributed by atoms with Crippen molar-refractivity contribution in [3.63, 3.8) is 0 Å². The Morgan fingerprint density at radius 2 is 2.54 bits per heavy atom. The van der Waals surface area contributed by atoms with Crippen molar-refractivity contribution >= 4 is 0 Å². The molecule has 2 aromatic rings. The van der Waals surface area contributed by atoms with Gasteiger partial charge in [-0.05, 0) is 12.1 Å². The number of aliphatic hydroxyl groups is 1. The van der Waals surface area contributed by atoms with E-state index in [1.54, 1.807) is 30.8 Å². The molecular weight excluding hydrogens is 168 g/mol. The maximum atomic E-state index is 9.63. The van der Waals surface area contributed by atoms with Gasteiger partial charge in [0.05, 0.1) is 6.26 Å². The molecule has 13 heavy (non-hydrogen) atoms. The Labute approximate surface area is 75.2 Å². The number of rotatable bonds is 3. The molecule has 0 aliphatic rings. The molecule has 0 aliphatic carbocycles. The summed E-state index contributed by atoms with van der Waals surface area (Å²) in [5, 5.41) is 9.63. The number of nitrogens with zero attached hydrogens (tertiary/aromatic N) is 1. The van der Waals surface area contributed by atoms with Crippen LogP contribution in [0.25, 0.3) is 0 Å². The van der Waals surface area contributed by atoms with E-state index in [0.717, 1.165) is 5.82 Å². The van der Waals surface area contributed by atoms with E-state index in [1.807, 2.05) is 0 Å². The second kappa shape index (κ2) is 3.45. The summed E-state index contributed by atoms with van der Waals surface area (Å²) < 4.78 is 5.05. The maximum absolute atomic E-state index is 9.63. The molecule has 1 unspecified atom stereocenters. The zero-order valence-corrected chi connectivity index (χ0v) is 6.97. The molecule has 2 rings (SSSR count). The highest BCUT2D eigenvalue weighted by Gasteiger charge is 2.11. The van der Waals surface area contributed by atoms with E-state index >= 15 is 0 Å². The molecule has 4 nitrogen and oxygen atoms in total. The quantitative estimate of drug-likeness (QED) is 0.744. The van der Waals surface area contributed by atoms with E-state index in [9.17, 15) is 5.11 Å². The smallest absolute Gasteiger partial charge is 0.132 e. The Kier molecular flexibility index (Phi) is 2.14. The predicted octanol–water partition coefficient (Wildman–Crippen LogP) is 1.28. The van der Waals surface area contributed by atoms with Crippen molar-refractivity contribution < 1.29 is 9.52 Å². The largest absolute Gasteiger partial charge is 0.467 e. The van der Waals surface area contributed by atoms with Gasteiger partial charge in [-0.1, -0.05) is 0 Å². The number of aromatic nitrogens is 2. The summed E-state index contributed by atoms with van der Waals surface area (Å²) in [6.45, 7) is 0. The summed E-state index contributed by atoms with van der Waals surface area (Å²) in [4.78, 5) is 6.93. The van der Waals surface area contributed by atoms with Gasteiger partial charge < -0.3 is 14.5 Å². The molecule has 0 aromatic carbocycles. The number of hydrogen-bond donors (Lipinski definition) is 2. The molecule has 0 saturated heterocycles. The van der Waals surface area contributed by atoms with Crippen LogP contribution in [0.5, 0.6) is 0 Å². The Bertz CT molecular complexity index is 340. The number of hydrogen-bond acceptors (Lipinski definition) is 3. The highest BCUT2D eigenvalue weighted by molar-refractivity contribution is 5.04. The summed E-state index contributed by atoms with van der Waals surface area (Å²) in [6, 6.07) is 3.49. The van der Waals surface area contributed by atoms with Crippen LogP contribution in [0.1, 0.15) is 17.7 Å². The number of aliphatic hydroxyl groups excluding tert-OH is 1. The Morgan fingerprint density at radius 1 is 1.62 bits per heavy atom. The van der Waals surface area contributed by atoms with Crippen LogP contribution in [0.2, 0.25) is 0 Å². The van der Waals surface area contributed by atoms with E-state index in [1.165, 1.54) is 0 Å². The van der Waals surface area contributed by atoms with Crippen LogP contribution in [0.4, 0.5) is 0 Å². The van der Waals surface area contributed by atoms with Crippen LogP contribution in [-0.2, 0) is 6.42 Å². The van der Waals surface area contributed by atoms with Gasteiger partial charge in [-0.15, -0.1) is 0 Å². The van der Waals surface area contributed by atoms with Crippen LogP contribution in [0, 0.1) is 0 Å². The number of imidazole rings is 1. The minimum absolute atomic E-state index is 0.445. The van der Waals surface area contributed by atoms with Gasteiger partial charge in [-0.25, -0.2) is 4.98 Å². The zero-order valence-electron chi connectivity index (χ0n) is 6.97. The van der Waals surface area contributed by atoms with Gasteiger partial charge in [0.1, 0.15) is 17.7 Å². The highest BCUT2D eigenvalue weighted by Crippen LogP contribution is 2.16. The normalized spacial score (nSPS) is 13.0. The Balaban J connectivity index is 2.04. The summed E-state index contributed by atoms with van der Waals surface area (Å²) in [5.41, 5.74) is 0. The topological polar surface area (TPSA) is 62.1 Å². The Morgan fingerprint density at radius 3 is 3.15 bits per heavy atom. The summed E-state index contributed by atoms with van der Waals surface area (Å²) >= 11 is 0. The molecule has 0 radical (unpaired) electrons. The van der Waals surface area contributed by atoms with Crippen molar-refractivity contribution in [2.75, 3.05) is 0 Å². The van der Waals surface area contributed by atoms with Crippen LogP contribution < -0.4 is 0 Å². The molecule has 1 atom stereocenters. The lowest BCUT2D eigenvalue weighted by atomic mass is 10.2. The molecule has 4 heteroatoms. The molecule has 2 heterocycles.